The molecule has 234 valence electrons. The summed E-state index contributed by atoms with van der Waals surface area (Å²) in [6.07, 6.45) is -1.16. The lowest BCUT2D eigenvalue weighted by Crippen LogP contribution is -2.43. The number of fused-ring (bicyclic) bond motifs is 1. The van der Waals surface area contributed by atoms with Crippen molar-refractivity contribution in [3.8, 4) is 17.2 Å². The summed E-state index contributed by atoms with van der Waals surface area (Å²) in [6, 6.07) is 30.1. The quantitative estimate of drug-likeness (QED) is 0.121. The van der Waals surface area contributed by atoms with Crippen molar-refractivity contribution < 1.29 is 37.7 Å². The Hall–Kier alpha value is -5.90. The van der Waals surface area contributed by atoms with Crippen LogP contribution in [0.25, 0.3) is 11.0 Å². The number of hydrogen-bond acceptors (Lipinski definition) is 9. The number of carbonyl (C=O) groups excluding carboxylic acids is 3. The third-order valence-corrected chi connectivity index (χ3v) is 6.84. The number of carbonyl (C=O) groups is 3. The zero-order chi connectivity index (χ0) is 32.3. The summed E-state index contributed by atoms with van der Waals surface area (Å²) in [4.78, 5) is 51.6. The van der Waals surface area contributed by atoms with Crippen LogP contribution in [0.15, 0.2) is 118 Å². The molecule has 0 spiro atoms. The first kappa shape index (κ1) is 31.5. The highest BCUT2D eigenvalue weighted by molar-refractivity contribution is 5.85. The van der Waals surface area contributed by atoms with Gasteiger partial charge in [0.05, 0.1) is 5.39 Å². The molecule has 1 amide bonds. The Labute approximate surface area is 264 Å². The maximum absolute atomic E-state index is 13.3. The Kier molecular flexibility index (Phi) is 10.4. The summed E-state index contributed by atoms with van der Waals surface area (Å²) in [5.41, 5.74) is 1.34. The molecule has 0 saturated heterocycles. The second kappa shape index (κ2) is 15.2. The number of nitrogens with one attached hydrogen (secondary N) is 1. The Morgan fingerprint density at radius 1 is 0.761 bits per heavy atom. The zero-order valence-electron chi connectivity index (χ0n) is 25.0. The summed E-state index contributed by atoms with van der Waals surface area (Å²) in [5.74, 6) is -0.589. The van der Waals surface area contributed by atoms with Gasteiger partial charge in [0.1, 0.15) is 42.1 Å². The number of rotatable bonds is 12. The molecule has 5 rings (SSSR count). The third kappa shape index (κ3) is 8.60. The van der Waals surface area contributed by atoms with Gasteiger partial charge in [-0.2, -0.15) is 0 Å². The molecule has 5 aromatic rings. The first-order chi connectivity index (χ1) is 22.4. The Balaban J connectivity index is 1.27. The van der Waals surface area contributed by atoms with Gasteiger partial charge >= 0.3 is 18.0 Å². The number of benzene rings is 4. The van der Waals surface area contributed by atoms with Crippen LogP contribution >= 0.6 is 0 Å². The number of esters is 2. The molecule has 0 aliphatic carbocycles. The predicted molar refractivity (Wildman–Crippen MR) is 168 cm³/mol. The van der Waals surface area contributed by atoms with Crippen molar-refractivity contribution in [2.45, 2.75) is 39.0 Å². The third-order valence-electron chi connectivity index (χ3n) is 6.84. The Morgan fingerprint density at radius 3 is 2.02 bits per heavy atom. The lowest BCUT2D eigenvalue weighted by molar-refractivity contribution is -0.145. The van der Waals surface area contributed by atoms with Crippen LogP contribution in [-0.2, 0) is 32.3 Å². The minimum absolute atomic E-state index is 0.0212. The first-order valence-corrected chi connectivity index (χ1v) is 14.5. The van der Waals surface area contributed by atoms with Gasteiger partial charge in [-0.05, 0) is 48.7 Å². The minimum atomic E-state index is -1.25. The molecular formula is C36H31NO9. The highest BCUT2D eigenvalue weighted by atomic mass is 16.6. The van der Waals surface area contributed by atoms with Gasteiger partial charge in [-0.1, -0.05) is 78.9 Å². The van der Waals surface area contributed by atoms with E-state index in [0.717, 1.165) is 11.1 Å². The molecule has 10 nitrogen and oxygen atoms in total. The highest BCUT2D eigenvalue weighted by Gasteiger charge is 2.26. The van der Waals surface area contributed by atoms with Gasteiger partial charge in [0.15, 0.2) is 0 Å². The number of hydrogen-bond donors (Lipinski definition) is 1. The van der Waals surface area contributed by atoms with Crippen molar-refractivity contribution in [1.29, 1.82) is 0 Å². The lowest BCUT2D eigenvalue weighted by Gasteiger charge is -2.17. The topological polar surface area (TPSA) is 130 Å². The number of amides is 1. The van der Waals surface area contributed by atoms with Crippen molar-refractivity contribution >= 4 is 29.0 Å². The van der Waals surface area contributed by atoms with Gasteiger partial charge in [-0.15, -0.1) is 0 Å². The van der Waals surface area contributed by atoms with Crippen LogP contribution in [0.4, 0.5) is 4.79 Å². The Morgan fingerprint density at radius 2 is 1.37 bits per heavy atom. The smallest absolute Gasteiger partial charge is 0.408 e. The number of aryl methyl sites for hydroxylation is 1. The normalized spacial score (nSPS) is 11.3. The van der Waals surface area contributed by atoms with Crippen LogP contribution in [0, 0.1) is 6.92 Å². The summed E-state index contributed by atoms with van der Waals surface area (Å²) in [5, 5.41) is 2.71. The van der Waals surface area contributed by atoms with E-state index < -0.39 is 29.5 Å². The molecule has 46 heavy (non-hydrogen) atoms. The van der Waals surface area contributed by atoms with Gasteiger partial charge in [-0.3, -0.25) is 9.59 Å². The molecule has 1 heterocycles. The van der Waals surface area contributed by atoms with Crippen LogP contribution < -0.4 is 20.2 Å². The second-order valence-corrected chi connectivity index (χ2v) is 10.3. The number of alkyl carbamates (subject to hydrolysis) is 1. The highest BCUT2D eigenvalue weighted by Crippen LogP contribution is 2.27. The molecule has 0 aliphatic rings. The van der Waals surface area contributed by atoms with E-state index in [0.29, 0.717) is 5.75 Å². The zero-order valence-corrected chi connectivity index (χ0v) is 25.0. The van der Waals surface area contributed by atoms with Crippen molar-refractivity contribution in [2.75, 3.05) is 0 Å². The van der Waals surface area contributed by atoms with Crippen LogP contribution in [0.1, 0.15) is 29.7 Å². The fraction of sp³-hybridized carbons (Fsp3) is 0.167. The van der Waals surface area contributed by atoms with Gasteiger partial charge in [0.25, 0.3) is 0 Å². The fourth-order valence-corrected chi connectivity index (χ4v) is 4.47. The van der Waals surface area contributed by atoms with E-state index in [-0.39, 0.29) is 54.3 Å². The van der Waals surface area contributed by atoms with Crippen molar-refractivity contribution in [3.05, 3.63) is 136 Å². The molecule has 0 saturated carbocycles. The molecule has 1 aromatic heterocycles. The summed E-state index contributed by atoms with van der Waals surface area (Å²) < 4.78 is 27.8. The fourth-order valence-electron chi connectivity index (χ4n) is 4.47. The standard InChI is InChI=1S/C36H31NO9/c1-24-34(45-27-15-9-4-10-16-27)33(39)29-18-17-28(21-31(29)44-24)46-35(40)30(37-36(41)43-23-26-13-7-3-8-14-26)19-20-32(38)42-22-25-11-5-2-6-12-25/h2-18,21,30H,19-20,22-23H2,1H3,(H,37,41)/t30-/m1/s1. The van der Waals surface area contributed by atoms with E-state index in [9.17, 15) is 19.2 Å². The molecule has 10 heteroatoms. The van der Waals surface area contributed by atoms with Crippen LogP contribution in [0.5, 0.6) is 17.2 Å². The molecular weight excluding hydrogens is 590 g/mol. The SMILES string of the molecule is Cc1oc2cc(OC(=O)[C@@H](CCC(=O)OCc3ccccc3)NC(=O)OCc3ccccc3)ccc2c(=O)c1Oc1ccccc1. The summed E-state index contributed by atoms with van der Waals surface area (Å²) >= 11 is 0. The van der Waals surface area contributed by atoms with Gasteiger partial charge in [0.2, 0.25) is 11.2 Å². The average Bonchev–Trinajstić information content (AvgIpc) is 3.08. The molecule has 1 atom stereocenters. The van der Waals surface area contributed by atoms with E-state index in [2.05, 4.69) is 5.32 Å². The first-order valence-electron chi connectivity index (χ1n) is 14.5. The molecule has 0 aliphatic heterocycles. The molecule has 0 radical (unpaired) electrons. The summed E-state index contributed by atoms with van der Waals surface area (Å²) in [6.45, 7) is 1.64. The lowest BCUT2D eigenvalue weighted by atomic mass is 10.1. The van der Waals surface area contributed by atoms with Gasteiger partial charge < -0.3 is 28.7 Å². The molecule has 0 unspecified atom stereocenters. The van der Waals surface area contributed by atoms with E-state index in [4.69, 9.17) is 23.4 Å². The maximum atomic E-state index is 13.3. The minimum Gasteiger partial charge on any atom is -0.461 e. The molecule has 1 N–H and O–H groups in total. The Bertz CT molecular complexity index is 1860. The van der Waals surface area contributed by atoms with Crippen LogP contribution in [-0.4, -0.2) is 24.1 Å². The molecule has 0 fully saturated rings. The number of ether oxygens (including phenoxy) is 4. The largest absolute Gasteiger partial charge is 0.461 e. The second-order valence-electron chi connectivity index (χ2n) is 10.3. The predicted octanol–water partition coefficient (Wildman–Crippen LogP) is 6.62. The van der Waals surface area contributed by atoms with E-state index >= 15 is 0 Å². The van der Waals surface area contributed by atoms with Crippen molar-refractivity contribution in [3.63, 3.8) is 0 Å². The van der Waals surface area contributed by atoms with E-state index in [1.165, 1.54) is 18.2 Å². The van der Waals surface area contributed by atoms with Gasteiger partial charge in [0, 0.05) is 12.5 Å². The monoisotopic (exact) mass is 621 g/mol. The average molecular weight is 622 g/mol. The number of para-hydroxylation sites is 1. The van der Waals surface area contributed by atoms with Crippen molar-refractivity contribution in [1.82, 2.24) is 5.32 Å². The van der Waals surface area contributed by atoms with E-state index in [1.807, 2.05) is 54.6 Å². The van der Waals surface area contributed by atoms with E-state index in [1.54, 1.807) is 43.3 Å². The molecule has 4 aromatic carbocycles. The van der Waals surface area contributed by atoms with Crippen molar-refractivity contribution in [2.24, 2.45) is 0 Å². The van der Waals surface area contributed by atoms with Gasteiger partial charge in [-0.25, -0.2) is 9.59 Å². The molecule has 0 bridgehead atoms. The van der Waals surface area contributed by atoms with Crippen LogP contribution in [0.3, 0.4) is 0 Å². The maximum Gasteiger partial charge on any atom is 0.408 e. The summed E-state index contributed by atoms with van der Waals surface area (Å²) in [7, 11) is 0. The van der Waals surface area contributed by atoms with Crippen LogP contribution in [0.2, 0.25) is 0 Å².